The van der Waals surface area contributed by atoms with Crippen molar-refractivity contribution in [3.8, 4) is 6.07 Å². The number of thiocarbonyl (C=S) groups is 1. The quantitative estimate of drug-likeness (QED) is 0.720. The maximum absolute atomic E-state index is 13.0. The molecule has 1 saturated carbocycles. The molecule has 1 amide bonds. The van der Waals surface area contributed by atoms with Gasteiger partial charge in [0.2, 0.25) is 5.91 Å². The van der Waals surface area contributed by atoms with E-state index in [-0.39, 0.29) is 5.91 Å². The molecule has 5 nitrogen and oxygen atoms in total. The molecule has 3 rings (SSSR count). The Hall–Kier alpha value is -2.39. The van der Waals surface area contributed by atoms with Crippen LogP contribution in [0.25, 0.3) is 0 Å². The first-order valence-electron chi connectivity index (χ1n) is 8.15. The summed E-state index contributed by atoms with van der Waals surface area (Å²) in [6.07, 6.45) is 4.55. The maximum Gasteiger partial charge on any atom is 0.235 e. The summed E-state index contributed by atoms with van der Waals surface area (Å²) in [6, 6.07) is 11.5. The minimum atomic E-state index is -0.585. The number of hydrogen-bond donors (Lipinski definition) is 3. The zero-order chi connectivity index (χ0) is 17.2. The SMILES string of the molecule is N#CC1=C(N)NC(=S)C(C(=O)Nc2ccccc2)C12CCCCC2. The van der Waals surface area contributed by atoms with E-state index in [1.165, 1.54) is 0 Å². The highest BCUT2D eigenvalue weighted by molar-refractivity contribution is 7.80. The average Bonchev–Trinajstić information content (AvgIpc) is 2.56. The molecule has 0 aromatic heterocycles. The Morgan fingerprint density at radius 1 is 1.29 bits per heavy atom. The molecule has 0 saturated heterocycles. The third kappa shape index (κ3) is 2.76. The second kappa shape index (κ2) is 6.62. The summed E-state index contributed by atoms with van der Waals surface area (Å²) < 4.78 is 0. The van der Waals surface area contributed by atoms with Crippen LogP contribution in [0.3, 0.4) is 0 Å². The van der Waals surface area contributed by atoms with E-state index in [2.05, 4.69) is 16.7 Å². The van der Waals surface area contributed by atoms with Crippen molar-refractivity contribution in [1.29, 1.82) is 5.26 Å². The Labute approximate surface area is 146 Å². The average molecular weight is 340 g/mol. The van der Waals surface area contributed by atoms with Gasteiger partial charge in [-0.25, -0.2) is 0 Å². The largest absolute Gasteiger partial charge is 0.384 e. The van der Waals surface area contributed by atoms with Crippen LogP contribution in [0.1, 0.15) is 32.1 Å². The summed E-state index contributed by atoms with van der Waals surface area (Å²) in [5.74, 6) is -0.455. The maximum atomic E-state index is 13.0. The first-order chi connectivity index (χ1) is 11.6. The van der Waals surface area contributed by atoms with Crippen LogP contribution in [0.15, 0.2) is 41.7 Å². The van der Waals surface area contributed by atoms with Crippen LogP contribution >= 0.6 is 12.2 Å². The molecule has 24 heavy (non-hydrogen) atoms. The lowest BCUT2D eigenvalue weighted by Gasteiger charge is -2.45. The fourth-order valence-electron chi connectivity index (χ4n) is 3.93. The van der Waals surface area contributed by atoms with Gasteiger partial charge in [-0.3, -0.25) is 4.79 Å². The summed E-state index contributed by atoms with van der Waals surface area (Å²) in [7, 11) is 0. The van der Waals surface area contributed by atoms with Gasteiger partial charge >= 0.3 is 0 Å². The third-order valence-corrected chi connectivity index (χ3v) is 5.34. The molecule has 1 aromatic rings. The number of para-hydroxylation sites is 1. The van der Waals surface area contributed by atoms with E-state index >= 15 is 0 Å². The van der Waals surface area contributed by atoms with Crippen molar-refractivity contribution in [3.63, 3.8) is 0 Å². The van der Waals surface area contributed by atoms with Crippen molar-refractivity contribution in [2.45, 2.75) is 32.1 Å². The van der Waals surface area contributed by atoms with E-state index in [0.717, 1.165) is 37.8 Å². The van der Waals surface area contributed by atoms with E-state index in [4.69, 9.17) is 18.0 Å². The van der Waals surface area contributed by atoms with Crippen LogP contribution in [0.2, 0.25) is 0 Å². The molecule has 1 aromatic carbocycles. The summed E-state index contributed by atoms with van der Waals surface area (Å²) in [4.78, 5) is 13.4. The van der Waals surface area contributed by atoms with Crippen LogP contribution < -0.4 is 16.4 Å². The molecular weight excluding hydrogens is 320 g/mol. The standard InChI is InChI=1S/C18H20N4OS/c19-11-13-15(20)22-17(24)14(18(13)9-5-2-6-10-18)16(23)21-12-7-3-1-4-8-12/h1,3-4,7-8,14H,2,5-6,9-10,20H2,(H,21,23)(H,22,24). The summed E-state index contributed by atoms with van der Waals surface area (Å²) in [6.45, 7) is 0. The molecule has 1 fully saturated rings. The zero-order valence-electron chi connectivity index (χ0n) is 13.3. The van der Waals surface area contributed by atoms with Gasteiger partial charge in [-0.15, -0.1) is 0 Å². The minimum absolute atomic E-state index is 0.180. The van der Waals surface area contributed by atoms with Gasteiger partial charge in [0, 0.05) is 11.1 Å². The molecule has 1 aliphatic carbocycles. The van der Waals surface area contributed by atoms with E-state index in [1.807, 2.05) is 30.3 Å². The van der Waals surface area contributed by atoms with Gasteiger partial charge in [0.25, 0.3) is 0 Å². The second-order valence-corrected chi connectivity index (χ2v) is 6.83. The number of allylic oxidation sites excluding steroid dienone is 1. The van der Waals surface area contributed by atoms with Crippen molar-refractivity contribution < 1.29 is 4.79 Å². The molecule has 1 atom stereocenters. The van der Waals surface area contributed by atoms with Gasteiger partial charge < -0.3 is 16.4 Å². The molecular formula is C18H20N4OS. The fourth-order valence-corrected chi connectivity index (χ4v) is 4.37. The molecule has 0 bridgehead atoms. The van der Waals surface area contributed by atoms with Gasteiger partial charge in [-0.05, 0) is 25.0 Å². The molecule has 2 aliphatic rings. The van der Waals surface area contributed by atoms with Gasteiger partial charge in [0.1, 0.15) is 5.82 Å². The predicted octanol–water partition coefficient (Wildman–Crippen LogP) is 2.82. The number of rotatable bonds is 2. The first kappa shape index (κ1) is 16.5. The van der Waals surface area contributed by atoms with Crippen molar-refractivity contribution in [2.24, 2.45) is 17.1 Å². The lowest BCUT2D eigenvalue weighted by Crippen LogP contribution is -2.54. The molecule has 4 N–H and O–H groups in total. The number of nitrogens with zero attached hydrogens (tertiary/aromatic N) is 1. The number of nitrogens with one attached hydrogen (secondary N) is 2. The lowest BCUT2D eigenvalue weighted by molar-refractivity contribution is -0.121. The van der Waals surface area contributed by atoms with E-state index in [0.29, 0.717) is 16.4 Å². The number of nitrogens with two attached hydrogens (primary N) is 1. The minimum Gasteiger partial charge on any atom is -0.384 e. The monoisotopic (exact) mass is 340 g/mol. The topological polar surface area (TPSA) is 90.9 Å². The number of carbonyl (C=O) groups excluding carboxylic acids is 1. The molecule has 1 unspecified atom stereocenters. The third-order valence-electron chi connectivity index (χ3n) is 5.00. The van der Waals surface area contributed by atoms with Crippen LogP contribution in [0.5, 0.6) is 0 Å². The normalized spacial score (nSPS) is 22.6. The van der Waals surface area contributed by atoms with Gasteiger partial charge in [0.05, 0.1) is 22.5 Å². The number of amides is 1. The molecule has 6 heteroatoms. The highest BCUT2D eigenvalue weighted by atomic mass is 32.1. The molecule has 1 spiro atoms. The lowest BCUT2D eigenvalue weighted by atomic mass is 9.60. The van der Waals surface area contributed by atoms with Crippen molar-refractivity contribution >= 4 is 28.8 Å². The number of carbonyl (C=O) groups is 1. The van der Waals surface area contributed by atoms with E-state index in [1.54, 1.807) is 0 Å². The van der Waals surface area contributed by atoms with Gasteiger partial charge in [0.15, 0.2) is 0 Å². The van der Waals surface area contributed by atoms with Crippen LogP contribution in [0.4, 0.5) is 5.69 Å². The number of hydrogen-bond acceptors (Lipinski definition) is 4. The first-order valence-corrected chi connectivity index (χ1v) is 8.56. The Bertz CT molecular complexity index is 729. The Kier molecular flexibility index (Phi) is 4.54. The second-order valence-electron chi connectivity index (χ2n) is 6.39. The van der Waals surface area contributed by atoms with Crippen molar-refractivity contribution in [1.82, 2.24) is 5.32 Å². The highest BCUT2D eigenvalue weighted by Crippen LogP contribution is 2.50. The van der Waals surface area contributed by atoms with E-state index in [9.17, 15) is 10.1 Å². The van der Waals surface area contributed by atoms with Gasteiger partial charge in [-0.1, -0.05) is 49.7 Å². The zero-order valence-corrected chi connectivity index (χ0v) is 14.2. The van der Waals surface area contributed by atoms with Crippen molar-refractivity contribution in [2.75, 3.05) is 5.32 Å². The number of benzene rings is 1. The number of anilines is 1. The molecule has 124 valence electrons. The molecule has 1 aliphatic heterocycles. The van der Waals surface area contributed by atoms with Gasteiger partial charge in [-0.2, -0.15) is 5.26 Å². The van der Waals surface area contributed by atoms with Crippen LogP contribution in [-0.4, -0.2) is 10.9 Å². The summed E-state index contributed by atoms with van der Waals surface area (Å²) in [5.41, 5.74) is 6.64. The Balaban J connectivity index is 1.99. The predicted molar refractivity (Wildman–Crippen MR) is 96.6 cm³/mol. The molecule has 0 radical (unpaired) electrons. The Morgan fingerprint density at radius 3 is 2.58 bits per heavy atom. The fraction of sp³-hybridized carbons (Fsp3) is 0.389. The van der Waals surface area contributed by atoms with E-state index < -0.39 is 11.3 Å². The summed E-state index contributed by atoms with van der Waals surface area (Å²) >= 11 is 5.46. The van der Waals surface area contributed by atoms with Crippen LogP contribution in [-0.2, 0) is 4.79 Å². The van der Waals surface area contributed by atoms with Crippen LogP contribution in [0, 0.1) is 22.7 Å². The highest BCUT2D eigenvalue weighted by Gasteiger charge is 2.52. The smallest absolute Gasteiger partial charge is 0.235 e. The Morgan fingerprint density at radius 2 is 1.96 bits per heavy atom. The number of nitriles is 1. The van der Waals surface area contributed by atoms with Crippen molar-refractivity contribution in [3.05, 3.63) is 41.7 Å². The molecule has 1 heterocycles. The summed E-state index contributed by atoms with van der Waals surface area (Å²) in [5, 5.41) is 15.5.